The highest BCUT2D eigenvalue weighted by molar-refractivity contribution is 5.95. The molecule has 0 radical (unpaired) electrons. The Hall–Kier alpha value is -2.08. The molecule has 0 saturated carbocycles. The number of carbonyl (C=O) groups excluding carboxylic acids is 2. The van der Waals surface area contributed by atoms with Crippen molar-refractivity contribution in [3.8, 4) is 0 Å². The Morgan fingerprint density at radius 1 is 1.26 bits per heavy atom. The Labute approximate surface area is 161 Å². The minimum Gasteiger partial charge on any atom is -0.378 e. The van der Waals surface area contributed by atoms with Crippen LogP contribution in [0.25, 0.3) is 0 Å². The number of likely N-dealkylation sites (tertiary alicyclic amines) is 1. The van der Waals surface area contributed by atoms with Gasteiger partial charge in [-0.3, -0.25) is 9.59 Å². The first-order valence-electron chi connectivity index (χ1n) is 9.81. The number of hydrogen-bond donors (Lipinski definition) is 1. The largest absolute Gasteiger partial charge is 0.378 e. The van der Waals surface area contributed by atoms with Crippen LogP contribution in [0.2, 0.25) is 0 Å². The van der Waals surface area contributed by atoms with Crippen LogP contribution in [-0.4, -0.2) is 62.1 Å². The number of nitrogens with zero attached hydrogens (tertiary/aromatic N) is 2. The lowest BCUT2D eigenvalue weighted by atomic mass is 9.87. The lowest BCUT2D eigenvalue weighted by Gasteiger charge is -2.38. The van der Waals surface area contributed by atoms with E-state index >= 15 is 0 Å². The zero-order valence-corrected chi connectivity index (χ0v) is 16.8. The fourth-order valence-electron chi connectivity index (χ4n) is 3.87. The molecule has 2 heterocycles. The first-order chi connectivity index (χ1) is 12.8. The van der Waals surface area contributed by atoms with E-state index in [9.17, 15) is 9.59 Å². The second-order valence-corrected chi connectivity index (χ2v) is 8.30. The molecule has 2 saturated heterocycles. The van der Waals surface area contributed by atoms with E-state index in [0.717, 1.165) is 30.5 Å². The molecule has 0 unspecified atom stereocenters. The third-order valence-electron chi connectivity index (χ3n) is 5.65. The van der Waals surface area contributed by atoms with Gasteiger partial charge in [-0.05, 0) is 37.5 Å². The van der Waals surface area contributed by atoms with Crippen LogP contribution in [0.1, 0.15) is 43.5 Å². The minimum absolute atomic E-state index is 0.0149. The second kappa shape index (κ2) is 7.89. The summed E-state index contributed by atoms with van der Waals surface area (Å²) in [7, 11) is 3.94. The van der Waals surface area contributed by atoms with Crippen molar-refractivity contribution in [3.63, 3.8) is 0 Å². The molecule has 6 heteroatoms. The van der Waals surface area contributed by atoms with Crippen molar-refractivity contribution in [2.45, 2.75) is 44.8 Å². The van der Waals surface area contributed by atoms with E-state index in [1.165, 1.54) is 0 Å². The maximum atomic E-state index is 12.9. The Balaban J connectivity index is 1.57. The van der Waals surface area contributed by atoms with Crippen molar-refractivity contribution >= 4 is 17.5 Å². The zero-order chi connectivity index (χ0) is 19.6. The fourth-order valence-corrected chi connectivity index (χ4v) is 3.87. The number of ether oxygens (including phenoxy) is 1. The number of amides is 2. The van der Waals surface area contributed by atoms with Crippen molar-refractivity contribution in [2.75, 3.05) is 38.7 Å². The highest BCUT2D eigenvalue weighted by atomic mass is 16.5. The lowest BCUT2D eigenvalue weighted by molar-refractivity contribution is -0.124. The Morgan fingerprint density at radius 3 is 2.59 bits per heavy atom. The summed E-state index contributed by atoms with van der Waals surface area (Å²) in [6.45, 7) is 5.75. The van der Waals surface area contributed by atoms with Crippen LogP contribution in [0.15, 0.2) is 24.3 Å². The summed E-state index contributed by atoms with van der Waals surface area (Å²) >= 11 is 0. The lowest BCUT2D eigenvalue weighted by Crippen LogP contribution is -2.47. The predicted molar refractivity (Wildman–Crippen MR) is 106 cm³/mol. The van der Waals surface area contributed by atoms with E-state index in [-0.39, 0.29) is 29.4 Å². The molecule has 1 N–H and O–H groups in total. The normalized spacial score (nSPS) is 21.5. The van der Waals surface area contributed by atoms with Crippen LogP contribution in [0, 0.1) is 5.92 Å². The van der Waals surface area contributed by atoms with Crippen LogP contribution < -0.4 is 10.2 Å². The molecule has 6 nitrogen and oxygen atoms in total. The molecular weight excluding hydrogens is 342 g/mol. The van der Waals surface area contributed by atoms with Gasteiger partial charge in [0, 0.05) is 44.4 Å². The number of nitrogens with one attached hydrogen (secondary N) is 1. The number of carbonyl (C=O) groups is 2. The molecule has 2 aliphatic heterocycles. The number of benzene rings is 1. The summed E-state index contributed by atoms with van der Waals surface area (Å²) in [5, 5.41) is 3.08. The second-order valence-electron chi connectivity index (χ2n) is 8.30. The molecule has 148 valence electrons. The first-order valence-corrected chi connectivity index (χ1v) is 9.81. The average molecular weight is 373 g/mol. The molecule has 2 amide bonds. The molecule has 3 rings (SSSR count). The highest BCUT2D eigenvalue weighted by Gasteiger charge is 2.44. The molecule has 2 aliphatic rings. The van der Waals surface area contributed by atoms with Gasteiger partial charge >= 0.3 is 0 Å². The standard InChI is InChI=1S/C21H31N3O3/c1-15(2)19(25)22-17-13-21(27-14-17)8-10-24(11-9-21)20(26)16-6-5-7-18(12-16)23(3)4/h5-7,12,15,17H,8-11,13-14H2,1-4H3,(H,22,25)/t17-/m0/s1. The maximum absolute atomic E-state index is 12.9. The van der Waals surface area contributed by atoms with Gasteiger partial charge in [-0.15, -0.1) is 0 Å². The Morgan fingerprint density at radius 2 is 1.96 bits per heavy atom. The third-order valence-corrected chi connectivity index (χ3v) is 5.65. The topological polar surface area (TPSA) is 61.9 Å². The maximum Gasteiger partial charge on any atom is 0.253 e. The van der Waals surface area contributed by atoms with E-state index in [4.69, 9.17) is 4.74 Å². The van der Waals surface area contributed by atoms with Crippen LogP contribution in [0.4, 0.5) is 5.69 Å². The van der Waals surface area contributed by atoms with Crippen LogP contribution in [-0.2, 0) is 9.53 Å². The van der Waals surface area contributed by atoms with E-state index in [2.05, 4.69) is 5.32 Å². The minimum atomic E-state index is -0.197. The molecule has 0 aromatic heterocycles. The van der Waals surface area contributed by atoms with Gasteiger partial charge in [0.1, 0.15) is 0 Å². The summed E-state index contributed by atoms with van der Waals surface area (Å²) in [6.07, 6.45) is 2.48. The molecule has 0 aliphatic carbocycles. The van der Waals surface area contributed by atoms with E-state index in [0.29, 0.717) is 19.7 Å². The van der Waals surface area contributed by atoms with Crippen LogP contribution in [0.5, 0.6) is 0 Å². The Bertz CT molecular complexity index is 694. The molecule has 2 fully saturated rings. The van der Waals surface area contributed by atoms with Gasteiger partial charge in [-0.2, -0.15) is 0 Å². The van der Waals surface area contributed by atoms with Gasteiger partial charge in [0.05, 0.1) is 18.2 Å². The van der Waals surface area contributed by atoms with Crippen molar-refractivity contribution < 1.29 is 14.3 Å². The quantitative estimate of drug-likeness (QED) is 0.880. The summed E-state index contributed by atoms with van der Waals surface area (Å²) in [6, 6.07) is 7.83. The molecule has 1 aromatic rings. The summed E-state index contributed by atoms with van der Waals surface area (Å²) < 4.78 is 6.10. The SMILES string of the molecule is CC(C)C(=O)N[C@@H]1COC2(CCN(C(=O)c3cccc(N(C)C)c3)CC2)C1. The third kappa shape index (κ3) is 4.43. The Kier molecular flexibility index (Phi) is 5.75. The van der Waals surface area contributed by atoms with Gasteiger partial charge in [-0.25, -0.2) is 0 Å². The van der Waals surface area contributed by atoms with Crippen molar-refractivity contribution in [1.29, 1.82) is 0 Å². The highest BCUT2D eigenvalue weighted by Crippen LogP contribution is 2.36. The number of rotatable bonds is 4. The van der Waals surface area contributed by atoms with Crippen LogP contribution >= 0.6 is 0 Å². The summed E-state index contributed by atoms with van der Waals surface area (Å²) in [5.41, 5.74) is 1.56. The molecule has 1 atom stereocenters. The number of hydrogen-bond acceptors (Lipinski definition) is 4. The van der Waals surface area contributed by atoms with Gasteiger partial charge in [-0.1, -0.05) is 19.9 Å². The van der Waals surface area contributed by atoms with Gasteiger partial charge in [0.25, 0.3) is 5.91 Å². The molecular formula is C21H31N3O3. The average Bonchev–Trinajstić information content (AvgIpc) is 3.04. The van der Waals surface area contributed by atoms with Gasteiger partial charge in [0.15, 0.2) is 0 Å². The zero-order valence-electron chi connectivity index (χ0n) is 16.8. The summed E-state index contributed by atoms with van der Waals surface area (Å²) in [4.78, 5) is 28.7. The smallest absolute Gasteiger partial charge is 0.253 e. The first kappa shape index (κ1) is 19.7. The van der Waals surface area contributed by atoms with Gasteiger partial charge in [0.2, 0.25) is 5.91 Å². The van der Waals surface area contributed by atoms with Crippen molar-refractivity contribution in [2.24, 2.45) is 5.92 Å². The fraction of sp³-hybridized carbons (Fsp3) is 0.619. The van der Waals surface area contributed by atoms with E-state index in [1.54, 1.807) is 0 Å². The molecule has 27 heavy (non-hydrogen) atoms. The molecule has 1 aromatic carbocycles. The summed E-state index contributed by atoms with van der Waals surface area (Å²) in [5.74, 6) is 0.143. The molecule has 0 bridgehead atoms. The molecule has 1 spiro atoms. The van der Waals surface area contributed by atoms with Crippen LogP contribution in [0.3, 0.4) is 0 Å². The predicted octanol–water partition coefficient (Wildman–Crippen LogP) is 2.29. The van der Waals surface area contributed by atoms with E-state index in [1.807, 2.05) is 62.0 Å². The van der Waals surface area contributed by atoms with Crippen molar-refractivity contribution in [3.05, 3.63) is 29.8 Å². The van der Waals surface area contributed by atoms with E-state index < -0.39 is 0 Å². The number of piperidine rings is 1. The van der Waals surface area contributed by atoms with Gasteiger partial charge < -0.3 is 19.9 Å². The monoisotopic (exact) mass is 373 g/mol. The van der Waals surface area contributed by atoms with Crippen molar-refractivity contribution in [1.82, 2.24) is 10.2 Å². The number of anilines is 1.